The summed E-state index contributed by atoms with van der Waals surface area (Å²) in [6.45, 7) is 2.01. The number of likely N-dealkylation sites (N-methyl/N-ethyl adjacent to an activating group) is 1. The van der Waals surface area contributed by atoms with Gasteiger partial charge in [0.1, 0.15) is 0 Å². The van der Waals surface area contributed by atoms with Crippen molar-refractivity contribution in [2.45, 2.75) is 44.8 Å². The van der Waals surface area contributed by atoms with Crippen LogP contribution in [0.1, 0.15) is 31.2 Å². The molecular weight excluding hydrogens is 292 g/mol. The van der Waals surface area contributed by atoms with Gasteiger partial charge in [0.2, 0.25) is 0 Å². The Morgan fingerprint density at radius 3 is 2.67 bits per heavy atom. The molecule has 0 spiro atoms. The molecule has 2 atom stereocenters. The lowest BCUT2D eigenvalue weighted by Crippen LogP contribution is -2.43. The molecule has 0 amide bonds. The predicted octanol–water partition coefficient (Wildman–Crippen LogP) is 3.08. The number of aliphatic hydroxyl groups excluding tert-OH is 1. The van der Waals surface area contributed by atoms with Crippen LogP contribution >= 0.6 is 15.9 Å². The van der Waals surface area contributed by atoms with E-state index in [0.29, 0.717) is 0 Å². The first-order chi connectivity index (χ1) is 8.50. The zero-order chi connectivity index (χ0) is 13.3. The lowest BCUT2D eigenvalue weighted by molar-refractivity contribution is 0.106. The summed E-state index contributed by atoms with van der Waals surface area (Å²) < 4.78 is 0.992. The van der Waals surface area contributed by atoms with Crippen molar-refractivity contribution >= 4 is 27.3 Å². The van der Waals surface area contributed by atoms with Crippen molar-refractivity contribution in [3.8, 4) is 0 Å². The molecule has 2 unspecified atom stereocenters. The zero-order valence-electron chi connectivity index (χ0n) is 11.0. The molecule has 0 aromatic heterocycles. The lowest BCUT2D eigenvalue weighted by Gasteiger charge is -2.37. The predicted molar refractivity (Wildman–Crippen MR) is 80.0 cm³/mol. The molecule has 1 aliphatic carbocycles. The summed E-state index contributed by atoms with van der Waals surface area (Å²) in [6.07, 6.45) is 4.05. The molecule has 0 aliphatic heterocycles. The highest BCUT2D eigenvalue weighted by molar-refractivity contribution is 9.10. The first-order valence-electron chi connectivity index (χ1n) is 6.47. The molecule has 3 N–H and O–H groups in total. The Bertz CT molecular complexity index is 436. The van der Waals surface area contributed by atoms with Crippen LogP contribution in [-0.4, -0.2) is 24.3 Å². The van der Waals surface area contributed by atoms with Crippen LogP contribution in [0.2, 0.25) is 0 Å². The van der Waals surface area contributed by atoms with Gasteiger partial charge in [0.05, 0.1) is 17.8 Å². The molecule has 1 aromatic rings. The van der Waals surface area contributed by atoms with E-state index in [1.165, 1.54) is 6.42 Å². The summed E-state index contributed by atoms with van der Waals surface area (Å²) in [7, 11) is 2.05. The van der Waals surface area contributed by atoms with E-state index in [4.69, 9.17) is 5.73 Å². The molecule has 0 radical (unpaired) electrons. The molecule has 100 valence electrons. The number of benzene rings is 1. The Balaban J connectivity index is 2.27. The van der Waals surface area contributed by atoms with Crippen LogP contribution in [0, 0.1) is 6.92 Å². The van der Waals surface area contributed by atoms with Gasteiger partial charge >= 0.3 is 0 Å². The van der Waals surface area contributed by atoms with E-state index in [1.54, 1.807) is 0 Å². The minimum Gasteiger partial charge on any atom is -0.398 e. The number of halogens is 1. The van der Waals surface area contributed by atoms with Crippen molar-refractivity contribution in [1.82, 2.24) is 0 Å². The molecule has 4 heteroatoms. The van der Waals surface area contributed by atoms with Gasteiger partial charge in [-0.2, -0.15) is 0 Å². The van der Waals surface area contributed by atoms with Crippen molar-refractivity contribution < 1.29 is 5.11 Å². The number of nitrogens with two attached hydrogens (primary N) is 1. The van der Waals surface area contributed by atoms with Crippen LogP contribution in [0.25, 0.3) is 0 Å². The summed E-state index contributed by atoms with van der Waals surface area (Å²) in [5.41, 5.74) is 8.87. The van der Waals surface area contributed by atoms with Crippen molar-refractivity contribution in [3.63, 3.8) is 0 Å². The van der Waals surface area contributed by atoms with Crippen LogP contribution in [0.15, 0.2) is 16.6 Å². The Hall–Kier alpha value is -0.740. The third-order valence-electron chi connectivity index (χ3n) is 3.91. The minimum absolute atomic E-state index is 0.207. The van der Waals surface area contributed by atoms with Gasteiger partial charge in [-0.1, -0.05) is 12.8 Å². The molecule has 1 aromatic carbocycles. The summed E-state index contributed by atoms with van der Waals surface area (Å²) in [5, 5.41) is 10.1. The highest BCUT2D eigenvalue weighted by Crippen LogP contribution is 2.34. The summed E-state index contributed by atoms with van der Waals surface area (Å²) >= 11 is 3.57. The van der Waals surface area contributed by atoms with E-state index in [1.807, 2.05) is 13.0 Å². The van der Waals surface area contributed by atoms with Gasteiger partial charge in [-0.25, -0.2) is 0 Å². The number of nitrogen functional groups attached to an aromatic ring is 1. The topological polar surface area (TPSA) is 49.5 Å². The van der Waals surface area contributed by atoms with E-state index in [2.05, 4.69) is 33.9 Å². The Labute approximate surface area is 117 Å². The van der Waals surface area contributed by atoms with E-state index in [0.717, 1.165) is 40.7 Å². The fourth-order valence-corrected chi connectivity index (χ4v) is 3.31. The van der Waals surface area contributed by atoms with Gasteiger partial charge in [0.25, 0.3) is 0 Å². The van der Waals surface area contributed by atoms with Crippen LogP contribution in [0.4, 0.5) is 11.4 Å². The number of rotatable bonds is 2. The maximum Gasteiger partial charge on any atom is 0.0743 e. The third-order valence-corrected chi connectivity index (χ3v) is 4.54. The third kappa shape index (κ3) is 2.64. The second-order valence-electron chi connectivity index (χ2n) is 5.19. The van der Waals surface area contributed by atoms with Gasteiger partial charge in [0, 0.05) is 17.2 Å². The smallest absolute Gasteiger partial charge is 0.0743 e. The fraction of sp³-hybridized carbons (Fsp3) is 0.571. The molecule has 0 saturated heterocycles. The SMILES string of the molecule is Cc1cc(N(C)C2CCCCC2O)c(Br)cc1N. The fourth-order valence-electron chi connectivity index (χ4n) is 2.67. The highest BCUT2D eigenvalue weighted by atomic mass is 79.9. The lowest BCUT2D eigenvalue weighted by atomic mass is 9.91. The van der Waals surface area contributed by atoms with E-state index >= 15 is 0 Å². The number of anilines is 2. The summed E-state index contributed by atoms with van der Waals surface area (Å²) in [4.78, 5) is 2.18. The maximum atomic E-state index is 10.1. The average Bonchev–Trinajstić information content (AvgIpc) is 2.33. The summed E-state index contributed by atoms with van der Waals surface area (Å²) in [6, 6.07) is 4.23. The van der Waals surface area contributed by atoms with Gasteiger partial charge in [-0.3, -0.25) is 0 Å². The van der Waals surface area contributed by atoms with Gasteiger partial charge in [-0.05, 0) is 53.4 Å². The first kappa shape index (κ1) is 13.7. The molecular formula is C14H21BrN2O. The van der Waals surface area contributed by atoms with Gasteiger partial charge < -0.3 is 15.7 Å². The Morgan fingerprint density at radius 2 is 2.00 bits per heavy atom. The molecule has 1 aliphatic rings. The van der Waals surface area contributed by atoms with Crippen molar-refractivity contribution in [3.05, 3.63) is 22.2 Å². The summed E-state index contributed by atoms with van der Waals surface area (Å²) in [5.74, 6) is 0. The van der Waals surface area contributed by atoms with Crippen LogP contribution < -0.4 is 10.6 Å². The molecule has 1 fully saturated rings. The Kier molecular flexibility index (Phi) is 4.17. The van der Waals surface area contributed by atoms with Gasteiger partial charge in [0.15, 0.2) is 0 Å². The normalized spacial score (nSPS) is 24.0. The maximum absolute atomic E-state index is 10.1. The molecule has 0 heterocycles. The molecule has 0 bridgehead atoms. The van der Waals surface area contributed by atoms with Crippen LogP contribution in [-0.2, 0) is 0 Å². The first-order valence-corrected chi connectivity index (χ1v) is 7.26. The van der Waals surface area contributed by atoms with E-state index in [-0.39, 0.29) is 12.1 Å². The van der Waals surface area contributed by atoms with Gasteiger partial charge in [-0.15, -0.1) is 0 Å². The molecule has 18 heavy (non-hydrogen) atoms. The minimum atomic E-state index is -0.228. The quantitative estimate of drug-likeness (QED) is 0.825. The number of aryl methyl sites for hydroxylation is 1. The second kappa shape index (κ2) is 5.49. The van der Waals surface area contributed by atoms with E-state index < -0.39 is 0 Å². The monoisotopic (exact) mass is 312 g/mol. The van der Waals surface area contributed by atoms with Crippen molar-refractivity contribution in [2.24, 2.45) is 0 Å². The number of hydrogen-bond donors (Lipinski definition) is 2. The Morgan fingerprint density at radius 1 is 1.33 bits per heavy atom. The molecule has 3 nitrogen and oxygen atoms in total. The molecule has 2 rings (SSSR count). The second-order valence-corrected chi connectivity index (χ2v) is 6.04. The number of aliphatic hydroxyl groups is 1. The highest BCUT2D eigenvalue weighted by Gasteiger charge is 2.27. The largest absolute Gasteiger partial charge is 0.398 e. The zero-order valence-corrected chi connectivity index (χ0v) is 12.6. The van der Waals surface area contributed by atoms with Crippen molar-refractivity contribution in [2.75, 3.05) is 17.7 Å². The van der Waals surface area contributed by atoms with E-state index in [9.17, 15) is 5.11 Å². The van der Waals surface area contributed by atoms with Crippen molar-refractivity contribution in [1.29, 1.82) is 0 Å². The van der Waals surface area contributed by atoms with Crippen LogP contribution in [0.3, 0.4) is 0 Å². The van der Waals surface area contributed by atoms with Crippen LogP contribution in [0.5, 0.6) is 0 Å². The number of hydrogen-bond acceptors (Lipinski definition) is 3. The standard InChI is InChI=1S/C14H21BrN2O/c1-9-7-13(10(15)8-11(9)16)17(2)12-5-3-4-6-14(12)18/h7-8,12,14,18H,3-6,16H2,1-2H3. The average molecular weight is 313 g/mol. The molecule has 1 saturated carbocycles. The number of nitrogens with zero attached hydrogens (tertiary/aromatic N) is 1.